The molecule has 0 bridgehead atoms. The van der Waals surface area contributed by atoms with Gasteiger partial charge in [-0.3, -0.25) is 0 Å². The number of carbonyl (C=O) groups excluding carboxylic acids is 1. The van der Waals surface area contributed by atoms with Crippen LogP contribution in [-0.4, -0.2) is 31.2 Å². The fraction of sp³-hybridized carbons (Fsp3) is 0.455. The third-order valence-corrected chi connectivity index (χ3v) is 2.91. The Morgan fingerprint density at radius 1 is 1.50 bits per heavy atom. The van der Waals surface area contributed by atoms with Gasteiger partial charge in [0.15, 0.2) is 0 Å². The van der Waals surface area contributed by atoms with Crippen molar-refractivity contribution in [2.24, 2.45) is 0 Å². The minimum absolute atomic E-state index is 0.369. The first-order chi connectivity index (χ1) is 7.72. The number of hydrogen-bond donors (Lipinski definition) is 0. The van der Waals surface area contributed by atoms with E-state index in [1.165, 1.54) is 13.3 Å². The molecule has 0 N–H and O–H groups in total. The lowest BCUT2D eigenvalue weighted by Crippen LogP contribution is -2.21. The highest BCUT2D eigenvalue weighted by molar-refractivity contribution is 6.29. The van der Waals surface area contributed by atoms with Gasteiger partial charge in [0.05, 0.1) is 12.8 Å². The monoisotopic (exact) mass is 240 g/mol. The zero-order chi connectivity index (χ0) is 11.5. The lowest BCUT2D eigenvalue weighted by molar-refractivity contribution is 0.0601. The van der Waals surface area contributed by atoms with Crippen molar-refractivity contribution in [3.05, 3.63) is 23.0 Å². The van der Waals surface area contributed by atoms with Crippen molar-refractivity contribution in [2.45, 2.75) is 12.8 Å². The van der Waals surface area contributed by atoms with E-state index < -0.39 is 0 Å². The van der Waals surface area contributed by atoms with Gasteiger partial charge in [-0.05, 0) is 18.9 Å². The number of esters is 1. The van der Waals surface area contributed by atoms with Crippen LogP contribution in [0.4, 0.5) is 5.69 Å². The molecule has 0 spiro atoms. The minimum atomic E-state index is -0.369. The molecule has 0 unspecified atom stereocenters. The van der Waals surface area contributed by atoms with Gasteiger partial charge in [-0.15, -0.1) is 0 Å². The molecule has 1 fully saturated rings. The maximum absolute atomic E-state index is 11.6. The SMILES string of the molecule is COC(=O)c1cnc(Cl)cc1N1CCCC1. The zero-order valence-electron chi connectivity index (χ0n) is 9.07. The second-order valence-electron chi connectivity index (χ2n) is 3.71. The van der Waals surface area contributed by atoms with Crippen LogP contribution in [0.5, 0.6) is 0 Å². The molecular weight excluding hydrogens is 228 g/mol. The van der Waals surface area contributed by atoms with Gasteiger partial charge < -0.3 is 9.64 Å². The van der Waals surface area contributed by atoms with Crippen LogP contribution >= 0.6 is 11.6 Å². The van der Waals surface area contributed by atoms with E-state index in [-0.39, 0.29) is 5.97 Å². The summed E-state index contributed by atoms with van der Waals surface area (Å²) in [6.45, 7) is 1.90. The van der Waals surface area contributed by atoms with E-state index in [0.29, 0.717) is 10.7 Å². The third-order valence-electron chi connectivity index (χ3n) is 2.70. The molecule has 0 amide bonds. The van der Waals surface area contributed by atoms with E-state index in [2.05, 4.69) is 9.88 Å². The van der Waals surface area contributed by atoms with Crippen LogP contribution in [0.15, 0.2) is 12.3 Å². The van der Waals surface area contributed by atoms with Crippen molar-refractivity contribution in [3.63, 3.8) is 0 Å². The third kappa shape index (κ3) is 2.11. The summed E-state index contributed by atoms with van der Waals surface area (Å²) in [5.74, 6) is -0.369. The van der Waals surface area contributed by atoms with Crippen LogP contribution < -0.4 is 4.90 Å². The molecule has 0 aromatic carbocycles. The fourth-order valence-corrected chi connectivity index (χ4v) is 2.06. The quantitative estimate of drug-likeness (QED) is 0.587. The predicted octanol–water partition coefficient (Wildman–Crippen LogP) is 2.12. The van der Waals surface area contributed by atoms with E-state index >= 15 is 0 Å². The van der Waals surface area contributed by atoms with E-state index in [0.717, 1.165) is 31.6 Å². The highest BCUT2D eigenvalue weighted by Crippen LogP contribution is 2.26. The van der Waals surface area contributed by atoms with E-state index in [9.17, 15) is 4.79 Å². The molecule has 4 nitrogen and oxygen atoms in total. The number of pyridine rings is 1. The predicted molar refractivity (Wildman–Crippen MR) is 62.0 cm³/mol. The van der Waals surface area contributed by atoms with E-state index in [4.69, 9.17) is 16.3 Å². The number of aromatic nitrogens is 1. The molecule has 0 saturated carbocycles. The van der Waals surface area contributed by atoms with Gasteiger partial charge >= 0.3 is 5.97 Å². The topological polar surface area (TPSA) is 42.4 Å². The number of nitrogens with zero attached hydrogens (tertiary/aromatic N) is 2. The molecule has 0 radical (unpaired) electrons. The summed E-state index contributed by atoms with van der Waals surface area (Å²) >= 11 is 5.85. The highest BCUT2D eigenvalue weighted by Gasteiger charge is 2.20. The number of methoxy groups -OCH3 is 1. The Bertz CT molecular complexity index is 403. The number of ether oxygens (including phenoxy) is 1. The molecule has 1 aliphatic heterocycles. The summed E-state index contributed by atoms with van der Waals surface area (Å²) in [7, 11) is 1.37. The van der Waals surface area contributed by atoms with Gasteiger partial charge in [0.1, 0.15) is 10.7 Å². The summed E-state index contributed by atoms with van der Waals surface area (Å²) in [4.78, 5) is 17.6. The molecule has 16 heavy (non-hydrogen) atoms. The first kappa shape index (κ1) is 11.2. The lowest BCUT2D eigenvalue weighted by Gasteiger charge is -2.20. The van der Waals surface area contributed by atoms with Crippen LogP contribution in [0.1, 0.15) is 23.2 Å². The van der Waals surface area contributed by atoms with Crippen LogP contribution in [-0.2, 0) is 4.74 Å². The molecule has 86 valence electrons. The molecular formula is C11H13ClN2O2. The van der Waals surface area contributed by atoms with E-state index in [1.54, 1.807) is 6.07 Å². The van der Waals surface area contributed by atoms with Gasteiger partial charge in [0.2, 0.25) is 0 Å². The van der Waals surface area contributed by atoms with Crippen molar-refractivity contribution in [2.75, 3.05) is 25.1 Å². The normalized spacial score (nSPS) is 15.2. The molecule has 2 rings (SSSR count). The Morgan fingerprint density at radius 3 is 2.81 bits per heavy atom. The second kappa shape index (κ2) is 4.70. The number of carbonyl (C=O) groups is 1. The van der Waals surface area contributed by atoms with Gasteiger partial charge in [-0.25, -0.2) is 9.78 Å². The Labute approximate surface area is 99.2 Å². The molecule has 5 heteroatoms. The van der Waals surface area contributed by atoms with Crippen LogP contribution in [0.3, 0.4) is 0 Å². The van der Waals surface area contributed by atoms with Gasteiger partial charge in [0, 0.05) is 19.3 Å². The Hall–Kier alpha value is -1.29. The maximum atomic E-state index is 11.6. The van der Waals surface area contributed by atoms with Crippen molar-refractivity contribution in [1.82, 2.24) is 4.98 Å². The van der Waals surface area contributed by atoms with Gasteiger partial charge in [-0.1, -0.05) is 11.6 Å². The molecule has 2 heterocycles. The second-order valence-corrected chi connectivity index (χ2v) is 4.10. The highest BCUT2D eigenvalue weighted by atomic mass is 35.5. The lowest BCUT2D eigenvalue weighted by atomic mass is 10.2. The smallest absolute Gasteiger partial charge is 0.341 e. The average molecular weight is 241 g/mol. The largest absolute Gasteiger partial charge is 0.465 e. The van der Waals surface area contributed by atoms with Crippen molar-refractivity contribution in [3.8, 4) is 0 Å². The first-order valence-electron chi connectivity index (χ1n) is 5.21. The summed E-state index contributed by atoms with van der Waals surface area (Å²) in [6.07, 6.45) is 3.75. The van der Waals surface area contributed by atoms with Crippen LogP contribution in [0.25, 0.3) is 0 Å². The molecule has 1 aromatic heterocycles. The Balaban J connectivity index is 2.39. The van der Waals surface area contributed by atoms with Crippen molar-refractivity contribution < 1.29 is 9.53 Å². The molecule has 0 aliphatic carbocycles. The average Bonchev–Trinajstić information content (AvgIpc) is 2.81. The van der Waals surface area contributed by atoms with Gasteiger partial charge in [0.25, 0.3) is 0 Å². The summed E-state index contributed by atoms with van der Waals surface area (Å²) < 4.78 is 4.73. The summed E-state index contributed by atoms with van der Waals surface area (Å²) in [5, 5.41) is 0.398. The summed E-state index contributed by atoms with van der Waals surface area (Å²) in [6, 6.07) is 1.72. The molecule has 1 aliphatic rings. The number of halogens is 1. The zero-order valence-corrected chi connectivity index (χ0v) is 9.83. The standard InChI is InChI=1S/C11H13ClN2O2/c1-16-11(15)8-7-13-10(12)6-9(8)14-4-2-3-5-14/h6-7H,2-5H2,1H3. The number of hydrogen-bond acceptors (Lipinski definition) is 4. The molecule has 1 aromatic rings. The van der Waals surface area contributed by atoms with Crippen molar-refractivity contribution >= 4 is 23.3 Å². The van der Waals surface area contributed by atoms with Crippen LogP contribution in [0, 0.1) is 0 Å². The Kier molecular flexibility index (Phi) is 3.29. The minimum Gasteiger partial charge on any atom is -0.465 e. The molecule has 0 atom stereocenters. The number of anilines is 1. The van der Waals surface area contributed by atoms with E-state index in [1.807, 2.05) is 0 Å². The fourth-order valence-electron chi connectivity index (χ4n) is 1.91. The number of rotatable bonds is 2. The van der Waals surface area contributed by atoms with Gasteiger partial charge in [-0.2, -0.15) is 0 Å². The molecule has 1 saturated heterocycles. The van der Waals surface area contributed by atoms with Crippen LogP contribution in [0.2, 0.25) is 5.15 Å². The maximum Gasteiger partial charge on any atom is 0.341 e. The summed E-state index contributed by atoms with van der Waals surface area (Å²) in [5.41, 5.74) is 1.30. The first-order valence-corrected chi connectivity index (χ1v) is 5.59. The van der Waals surface area contributed by atoms with Crippen molar-refractivity contribution in [1.29, 1.82) is 0 Å². The Morgan fingerprint density at radius 2 is 2.19 bits per heavy atom.